The van der Waals surface area contributed by atoms with Crippen molar-refractivity contribution in [1.82, 2.24) is 5.32 Å². The largest absolute Gasteiger partial charge is 0.375 e. The van der Waals surface area contributed by atoms with Gasteiger partial charge in [0, 0.05) is 12.7 Å². The summed E-state index contributed by atoms with van der Waals surface area (Å²) in [5, 5.41) is 6.21. The topological polar surface area (TPSA) is 24.1 Å². The summed E-state index contributed by atoms with van der Waals surface area (Å²) >= 11 is 0. The molecule has 2 heteroatoms. The van der Waals surface area contributed by atoms with Crippen molar-refractivity contribution in [2.24, 2.45) is 0 Å². The minimum absolute atomic E-state index is 0.792. The highest BCUT2D eigenvalue weighted by Gasteiger charge is 2.04. The van der Waals surface area contributed by atoms with Gasteiger partial charge in [-0.25, -0.2) is 0 Å². The van der Waals surface area contributed by atoms with Gasteiger partial charge >= 0.3 is 0 Å². The Hall–Kier alpha value is -3.00. The second kappa shape index (κ2) is 7.92. The SMILES string of the molecule is C=C(NC)Nc1ccc(Cc2ccc(-c3ccc(C)cc3)cc2C)cc1. The third kappa shape index (κ3) is 4.34. The Labute approximate surface area is 156 Å². The molecule has 0 fully saturated rings. The maximum Gasteiger partial charge on any atom is 0.0954 e. The van der Waals surface area contributed by atoms with E-state index in [2.05, 4.69) is 97.8 Å². The van der Waals surface area contributed by atoms with Crippen molar-refractivity contribution in [3.63, 3.8) is 0 Å². The van der Waals surface area contributed by atoms with Gasteiger partial charge in [-0.2, -0.15) is 0 Å². The summed E-state index contributed by atoms with van der Waals surface area (Å²) in [6.07, 6.45) is 0.938. The van der Waals surface area contributed by atoms with Crippen LogP contribution in [-0.4, -0.2) is 7.05 Å². The van der Waals surface area contributed by atoms with Crippen molar-refractivity contribution in [3.8, 4) is 11.1 Å². The highest BCUT2D eigenvalue weighted by Crippen LogP contribution is 2.24. The highest BCUT2D eigenvalue weighted by atomic mass is 15.1. The second-order valence-corrected chi connectivity index (χ2v) is 6.73. The molecule has 26 heavy (non-hydrogen) atoms. The lowest BCUT2D eigenvalue weighted by Crippen LogP contribution is -2.12. The predicted molar refractivity (Wildman–Crippen MR) is 112 cm³/mol. The average molecular weight is 342 g/mol. The molecule has 0 atom stereocenters. The van der Waals surface area contributed by atoms with E-state index in [0.717, 1.165) is 17.9 Å². The van der Waals surface area contributed by atoms with Crippen LogP contribution in [0.1, 0.15) is 22.3 Å². The van der Waals surface area contributed by atoms with Gasteiger partial charge in [0.2, 0.25) is 0 Å². The van der Waals surface area contributed by atoms with Crippen molar-refractivity contribution in [3.05, 3.63) is 101 Å². The number of hydrogen-bond acceptors (Lipinski definition) is 2. The molecule has 3 aromatic carbocycles. The van der Waals surface area contributed by atoms with Gasteiger partial charge < -0.3 is 10.6 Å². The van der Waals surface area contributed by atoms with Gasteiger partial charge in [0.25, 0.3) is 0 Å². The first-order chi connectivity index (χ1) is 12.5. The third-order valence-electron chi connectivity index (χ3n) is 4.67. The number of hydrogen-bond donors (Lipinski definition) is 2. The number of rotatable bonds is 6. The average Bonchev–Trinajstić information content (AvgIpc) is 2.65. The van der Waals surface area contributed by atoms with E-state index < -0.39 is 0 Å². The quantitative estimate of drug-likeness (QED) is 0.603. The first kappa shape index (κ1) is 17.8. The molecule has 0 saturated carbocycles. The van der Waals surface area contributed by atoms with E-state index in [4.69, 9.17) is 0 Å². The fourth-order valence-electron chi connectivity index (χ4n) is 2.98. The Morgan fingerprint density at radius 3 is 2.12 bits per heavy atom. The van der Waals surface area contributed by atoms with Crippen LogP contribution in [0.4, 0.5) is 5.69 Å². The molecule has 0 aromatic heterocycles. The summed E-state index contributed by atoms with van der Waals surface area (Å²) in [4.78, 5) is 0. The van der Waals surface area contributed by atoms with Crippen LogP contribution in [0.2, 0.25) is 0 Å². The zero-order chi connectivity index (χ0) is 18.5. The molecule has 0 aliphatic carbocycles. The highest BCUT2D eigenvalue weighted by molar-refractivity contribution is 5.65. The zero-order valence-electron chi connectivity index (χ0n) is 15.8. The predicted octanol–water partition coefficient (Wildman–Crippen LogP) is 5.66. The molecule has 0 amide bonds. The summed E-state index contributed by atoms with van der Waals surface area (Å²) in [6, 6.07) is 24.0. The lowest BCUT2D eigenvalue weighted by molar-refractivity contribution is 1.00. The third-order valence-corrected chi connectivity index (χ3v) is 4.67. The molecule has 2 nitrogen and oxygen atoms in total. The monoisotopic (exact) mass is 342 g/mol. The van der Waals surface area contributed by atoms with E-state index in [-0.39, 0.29) is 0 Å². The van der Waals surface area contributed by atoms with Gasteiger partial charge in [-0.05, 0) is 60.2 Å². The molecular weight excluding hydrogens is 316 g/mol. The Bertz CT molecular complexity index is 890. The van der Waals surface area contributed by atoms with Crippen molar-refractivity contribution in [1.29, 1.82) is 0 Å². The number of nitrogens with one attached hydrogen (secondary N) is 2. The normalized spacial score (nSPS) is 10.4. The molecule has 0 saturated heterocycles. The van der Waals surface area contributed by atoms with Gasteiger partial charge in [-0.1, -0.05) is 66.7 Å². The molecule has 3 aromatic rings. The van der Waals surface area contributed by atoms with E-state index in [1.54, 1.807) is 0 Å². The zero-order valence-corrected chi connectivity index (χ0v) is 15.8. The van der Waals surface area contributed by atoms with Gasteiger partial charge in [-0.15, -0.1) is 0 Å². The Morgan fingerprint density at radius 2 is 1.50 bits per heavy atom. The minimum atomic E-state index is 0.792. The Kier molecular flexibility index (Phi) is 5.43. The lowest BCUT2D eigenvalue weighted by atomic mass is 9.95. The molecular formula is C24H26N2. The number of benzene rings is 3. The molecule has 0 aliphatic heterocycles. The van der Waals surface area contributed by atoms with Gasteiger partial charge in [0.15, 0.2) is 0 Å². The maximum absolute atomic E-state index is 3.89. The van der Waals surface area contributed by atoms with E-state index in [0.29, 0.717) is 0 Å². The first-order valence-corrected chi connectivity index (χ1v) is 8.94. The Morgan fingerprint density at radius 1 is 0.846 bits per heavy atom. The Balaban J connectivity index is 1.74. The molecule has 0 unspecified atom stereocenters. The number of aryl methyl sites for hydroxylation is 2. The second-order valence-electron chi connectivity index (χ2n) is 6.73. The van der Waals surface area contributed by atoms with Crippen LogP contribution in [0.3, 0.4) is 0 Å². The van der Waals surface area contributed by atoms with E-state index >= 15 is 0 Å². The van der Waals surface area contributed by atoms with Crippen LogP contribution in [0.15, 0.2) is 79.1 Å². The van der Waals surface area contributed by atoms with E-state index in [1.807, 2.05) is 7.05 Å². The van der Waals surface area contributed by atoms with Crippen LogP contribution < -0.4 is 10.6 Å². The lowest BCUT2D eigenvalue weighted by Gasteiger charge is -2.11. The van der Waals surface area contributed by atoms with Gasteiger partial charge in [0.05, 0.1) is 5.82 Å². The number of anilines is 1. The van der Waals surface area contributed by atoms with Crippen molar-refractivity contribution < 1.29 is 0 Å². The van der Waals surface area contributed by atoms with E-state index in [1.165, 1.54) is 33.4 Å². The van der Waals surface area contributed by atoms with Crippen LogP contribution in [0, 0.1) is 13.8 Å². The summed E-state index contributed by atoms with van der Waals surface area (Å²) < 4.78 is 0. The molecule has 2 N–H and O–H groups in total. The van der Waals surface area contributed by atoms with Crippen LogP contribution in [0.25, 0.3) is 11.1 Å². The summed E-state index contributed by atoms with van der Waals surface area (Å²) in [7, 11) is 1.85. The van der Waals surface area contributed by atoms with Crippen molar-refractivity contribution in [2.75, 3.05) is 12.4 Å². The van der Waals surface area contributed by atoms with Crippen LogP contribution in [0.5, 0.6) is 0 Å². The molecule has 0 radical (unpaired) electrons. The molecule has 0 spiro atoms. The summed E-state index contributed by atoms with van der Waals surface area (Å²) in [6.45, 7) is 8.20. The minimum Gasteiger partial charge on any atom is -0.375 e. The molecule has 132 valence electrons. The van der Waals surface area contributed by atoms with E-state index in [9.17, 15) is 0 Å². The molecule has 0 aliphatic rings. The standard InChI is InChI=1S/C24H26N2/c1-17-5-9-21(10-6-17)23-12-11-22(18(2)15-23)16-20-7-13-24(14-8-20)26-19(3)25-4/h5-15,25-26H,3,16H2,1-2,4H3. The van der Waals surface area contributed by atoms with Crippen molar-refractivity contribution in [2.45, 2.75) is 20.3 Å². The smallest absolute Gasteiger partial charge is 0.0954 e. The fourth-order valence-corrected chi connectivity index (χ4v) is 2.98. The summed E-state index contributed by atoms with van der Waals surface area (Å²) in [5.41, 5.74) is 8.87. The van der Waals surface area contributed by atoms with Gasteiger partial charge in [0.1, 0.15) is 0 Å². The van der Waals surface area contributed by atoms with Crippen LogP contribution >= 0.6 is 0 Å². The van der Waals surface area contributed by atoms with Crippen LogP contribution in [-0.2, 0) is 6.42 Å². The summed E-state index contributed by atoms with van der Waals surface area (Å²) in [5.74, 6) is 0.792. The molecule has 0 heterocycles. The molecule has 0 bridgehead atoms. The fraction of sp³-hybridized carbons (Fsp3) is 0.167. The van der Waals surface area contributed by atoms with Gasteiger partial charge in [-0.3, -0.25) is 0 Å². The van der Waals surface area contributed by atoms with Crippen molar-refractivity contribution >= 4 is 5.69 Å². The first-order valence-electron chi connectivity index (χ1n) is 8.94. The molecule has 3 rings (SSSR count). The maximum atomic E-state index is 3.89.